The Morgan fingerprint density at radius 3 is 2.85 bits per heavy atom. The predicted molar refractivity (Wildman–Crippen MR) is 64.2 cm³/mol. The van der Waals surface area contributed by atoms with Crippen molar-refractivity contribution in [2.75, 3.05) is 7.05 Å². The predicted octanol–water partition coefficient (Wildman–Crippen LogP) is 3.52. The van der Waals surface area contributed by atoms with Crippen molar-refractivity contribution in [3.63, 3.8) is 0 Å². The lowest BCUT2D eigenvalue weighted by Crippen LogP contribution is -2.21. The van der Waals surface area contributed by atoms with E-state index in [-0.39, 0.29) is 0 Å². The highest BCUT2D eigenvalue weighted by atomic mass is 79.9. The van der Waals surface area contributed by atoms with E-state index in [4.69, 9.17) is 0 Å². The Bertz CT molecular complexity index is 304. The van der Waals surface area contributed by atoms with E-state index in [0.29, 0.717) is 6.04 Å². The van der Waals surface area contributed by atoms with Gasteiger partial charge in [-0.15, -0.1) is 11.3 Å². The Morgan fingerprint density at radius 1 is 1.69 bits per heavy atom. The van der Waals surface area contributed by atoms with Crippen molar-refractivity contribution in [1.29, 1.82) is 0 Å². The van der Waals surface area contributed by atoms with Crippen LogP contribution in [-0.2, 0) is 0 Å². The van der Waals surface area contributed by atoms with Gasteiger partial charge in [0, 0.05) is 15.4 Å². The number of nitrogens with one attached hydrogen (secondary N) is 1. The number of hydrogen-bond donors (Lipinski definition) is 1. The second-order valence-corrected chi connectivity index (χ2v) is 4.83. The summed E-state index contributed by atoms with van der Waals surface area (Å²) in [5, 5.41) is 5.31. The van der Waals surface area contributed by atoms with Crippen molar-refractivity contribution in [1.82, 2.24) is 5.32 Å². The molecule has 72 valence electrons. The van der Waals surface area contributed by atoms with Crippen molar-refractivity contribution >= 4 is 33.3 Å². The Morgan fingerprint density at radius 2 is 2.38 bits per heavy atom. The molecule has 0 radical (unpaired) electrons. The maximum Gasteiger partial charge on any atom is 0.0412 e. The van der Waals surface area contributed by atoms with E-state index < -0.39 is 0 Å². The lowest BCUT2D eigenvalue weighted by molar-refractivity contribution is 0.696. The second-order valence-electron chi connectivity index (χ2n) is 3.03. The zero-order valence-electron chi connectivity index (χ0n) is 8.10. The van der Waals surface area contributed by atoms with E-state index in [2.05, 4.69) is 52.6 Å². The number of rotatable bonds is 3. The van der Waals surface area contributed by atoms with Crippen molar-refractivity contribution in [2.45, 2.75) is 19.9 Å². The molecule has 0 spiro atoms. The third-order valence-electron chi connectivity index (χ3n) is 2.12. The molecule has 0 aliphatic rings. The van der Waals surface area contributed by atoms with Crippen LogP contribution < -0.4 is 5.32 Å². The Balaban J connectivity index is 2.82. The maximum atomic E-state index is 3.51. The third-order valence-corrected chi connectivity index (χ3v) is 3.94. The van der Waals surface area contributed by atoms with Gasteiger partial charge >= 0.3 is 0 Å². The molecular formula is C10H14BrNS. The average Bonchev–Trinajstić information content (AvgIpc) is 2.50. The highest BCUT2D eigenvalue weighted by molar-refractivity contribution is 9.10. The molecule has 0 aromatic carbocycles. The second kappa shape index (κ2) is 4.94. The van der Waals surface area contributed by atoms with E-state index in [1.54, 1.807) is 11.3 Å². The molecule has 1 unspecified atom stereocenters. The summed E-state index contributed by atoms with van der Waals surface area (Å²) in [6, 6.07) is 2.52. The van der Waals surface area contributed by atoms with E-state index in [9.17, 15) is 0 Å². The molecule has 1 aromatic rings. The number of hydrogen-bond acceptors (Lipinski definition) is 2. The van der Waals surface area contributed by atoms with Gasteiger partial charge < -0.3 is 5.32 Å². The summed E-state index contributed by atoms with van der Waals surface area (Å²) in [7, 11) is 1.98. The van der Waals surface area contributed by atoms with Crippen LogP contribution in [0.1, 0.15) is 18.7 Å². The summed E-state index contributed by atoms with van der Waals surface area (Å²) in [5.74, 6) is 0. The molecule has 0 amide bonds. The molecule has 1 nitrogen and oxygen atoms in total. The number of likely N-dealkylation sites (N-methyl/N-ethyl adjacent to an activating group) is 1. The molecular weight excluding hydrogens is 246 g/mol. The van der Waals surface area contributed by atoms with Gasteiger partial charge in [-0.05, 0) is 54.3 Å². The largest absolute Gasteiger partial charge is 0.314 e. The Kier molecular flexibility index (Phi) is 4.16. The highest BCUT2D eigenvalue weighted by Crippen LogP contribution is 2.25. The molecule has 0 saturated carbocycles. The number of halogens is 1. The fraction of sp³-hybridized carbons (Fsp3) is 0.400. The minimum absolute atomic E-state index is 0.439. The smallest absolute Gasteiger partial charge is 0.0412 e. The van der Waals surface area contributed by atoms with Crippen molar-refractivity contribution in [2.24, 2.45) is 0 Å². The summed E-state index contributed by atoms with van der Waals surface area (Å²) >= 11 is 5.27. The molecule has 1 heterocycles. The first-order chi connectivity index (χ1) is 6.15. The molecule has 0 fully saturated rings. The van der Waals surface area contributed by atoms with Gasteiger partial charge in [-0.1, -0.05) is 5.57 Å². The van der Waals surface area contributed by atoms with Crippen molar-refractivity contribution < 1.29 is 0 Å². The first kappa shape index (κ1) is 11.0. The Hall–Kier alpha value is -0.120. The summed E-state index contributed by atoms with van der Waals surface area (Å²) in [4.78, 5) is 1.29. The van der Waals surface area contributed by atoms with E-state index >= 15 is 0 Å². The summed E-state index contributed by atoms with van der Waals surface area (Å²) in [5.41, 5.74) is 1.35. The zero-order chi connectivity index (χ0) is 9.84. The van der Waals surface area contributed by atoms with Gasteiger partial charge in [-0.2, -0.15) is 0 Å². The van der Waals surface area contributed by atoms with Crippen LogP contribution in [-0.4, -0.2) is 13.1 Å². The summed E-state index contributed by atoms with van der Waals surface area (Å²) < 4.78 is 1.18. The van der Waals surface area contributed by atoms with Crippen LogP contribution in [0, 0.1) is 0 Å². The highest BCUT2D eigenvalue weighted by Gasteiger charge is 2.02. The Labute approximate surface area is 92.0 Å². The molecule has 1 N–H and O–H groups in total. The van der Waals surface area contributed by atoms with Crippen LogP contribution in [0.25, 0.3) is 6.08 Å². The van der Waals surface area contributed by atoms with Gasteiger partial charge in [0.25, 0.3) is 0 Å². The summed E-state index contributed by atoms with van der Waals surface area (Å²) in [6.45, 7) is 4.31. The van der Waals surface area contributed by atoms with E-state index in [1.807, 2.05) is 7.05 Å². The molecule has 1 atom stereocenters. The van der Waals surface area contributed by atoms with Crippen LogP contribution in [0.4, 0.5) is 0 Å². The SMILES string of the molecule is CNC(C)/C(C)=C/c1sccc1Br. The quantitative estimate of drug-likeness (QED) is 0.876. The standard InChI is InChI=1S/C10H14BrNS/c1-7(8(2)12-3)6-10-9(11)4-5-13-10/h4-6,8,12H,1-3H3/b7-6+. The van der Waals surface area contributed by atoms with Crippen LogP contribution in [0.2, 0.25) is 0 Å². The van der Waals surface area contributed by atoms with Gasteiger partial charge in [0.2, 0.25) is 0 Å². The molecule has 0 saturated heterocycles. The van der Waals surface area contributed by atoms with Gasteiger partial charge in [-0.3, -0.25) is 0 Å². The fourth-order valence-electron chi connectivity index (χ4n) is 0.968. The normalized spacial score (nSPS) is 14.6. The van der Waals surface area contributed by atoms with Gasteiger partial charge in [-0.25, -0.2) is 0 Å². The molecule has 3 heteroatoms. The molecule has 0 aliphatic heterocycles. The zero-order valence-corrected chi connectivity index (χ0v) is 10.5. The maximum absolute atomic E-state index is 3.51. The third kappa shape index (κ3) is 2.93. The van der Waals surface area contributed by atoms with E-state index in [1.165, 1.54) is 14.9 Å². The van der Waals surface area contributed by atoms with Crippen LogP contribution in [0.5, 0.6) is 0 Å². The van der Waals surface area contributed by atoms with Crippen LogP contribution in [0.15, 0.2) is 21.5 Å². The average molecular weight is 260 g/mol. The lowest BCUT2D eigenvalue weighted by atomic mass is 10.1. The topological polar surface area (TPSA) is 12.0 Å². The molecule has 13 heavy (non-hydrogen) atoms. The van der Waals surface area contributed by atoms with Crippen molar-refractivity contribution in [3.05, 3.63) is 26.4 Å². The monoisotopic (exact) mass is 259 g/mol. The van der Waals surface area contributed by atoms with Gasteiger partial charge in [0.1, 0.15) is 0 Å². The van der Waals surface area contributed by atoms with Gasteiger partial charge in [0.15, 0.2) is 0 Å². The minimum atomic E-state index is 0.439. The molecule has 0 bridgehead atoms. The lowest BCUT2D eigenvalue weighted by Gasteiger charge is -2.09. The van der Waals surface area contributed by atoms with Crippen LogP contribution in [0.3, 0.4) is 0 Å². The van der Waals surface area contributed by atoms with Crippen molar-refractivity contribution in [3.8, 4) is 0 Å². The number of thiophene rings is 1. The van der Waals surface area contributed by atoms with Crippen LogP contribution >= 0.6 is 27.3 Å². The van der Waals surface area contributed by atoms with Gasteiger partial charge in [0.05, 0.1) is 0 Å². The fourth-order valence-corrected chi connectivity index (χ4v) is 2.46. The first-order valence-electron chi connectivity index (χ1n) is 4.23. The summed E-state index contributed by atoms with van der Waals surface area (Å²) in [6.07, 6.45) is 2.22. The first-order valence-corrected chi connectivity index (χ1v) is 5.91. The molecule has 1 aromatic heterocycles. The molecule has 0 aliphatic carbocycles. The minimum Gasteiger partial charge on any atom is -0.314 e. The van der Waals surface area contributed by atoms with E-state index in [0.717, 1.165) is 0 Å². The molecule has 1 rings (SSSR count).